The number of carbonyl (C=O) groups excluding carboxylic acids is 1. The number of para-hydroxylation sites is 1. The van der Waals surface area contributed by atoms with E-state index in [4.69, 9.17) is 27.9 Å². The molecule has 2 saturated carbocycles. The van der Waals surface area contributed by atoms with Gasteiger partial charge in [0.2, 0.25) is 0 Å². The number of rotatable bonds is 9. The second kappa shape index (κ2) is 11.8. The van der Waals surface area contributed by atoms with E-state index in [0.717, 1.165) is 37.1 Å². The Kier molecular flexibility index (Phi) is 8.41. The van der Waals surface area contributed by atoms with Crippen LogP contribution in [-0.2, 0) is 22.6 Å². The first-order chi connectivity index (χ1) is 18.5. The lowest BCUT2D eigenvalue weighted by molar-refractivity contribution is -0.107. The van der Waals surface area contributed by atoms with Crippen molar-refractivity contribution in [1.82, 2.24) is 9.78 Å². The second-order valence-electron chi connectivity index (χ2n) is 10.2. The summed E-state index contributed by atoms with van der Waals surface area (Å²) in [5, 5.41) is 5.78. The average molecular weight is 559 g/mol. The van der Waals surface area contributed by atoms with E-state index >= 15 is 0 Å². The summed E-state index contributed by atoms with van der Waals surface area (Å²) in [6, 6.07) is 11.2. The van der Waals surface area contributed by atoms with Crippen molar-refractivity contribution in [2.24, 2.45) is 5.92 Å². The van der Waals surface area contributed by atoms with E-state index in [1.54, 1.807) is 6.07 Å². The summed E-state index contributed by atoms with van der Waals surface area (Å²) in [6.45, 7) is 5.31. The minimum Gasteiger partial charge on any atom is -0.371 e. The third-order valence-electron chi connectivity index (χ3n) is 7.88. The van der Waals surface area contributed by atoms with Crippen LogP contribution in [0.3, 0.4) is 0 Å². The molecule has 1 aliphatic heterocycles. The predicted molar refractivity (Wildman–Crippen MR) is 150 cm³/mol. The zero-order valence-electron chi connectivity index (χ0n) is 21.9. The molecule has 0 amide bonds. The Morgan fingerprint density at radius 2 is 1.89 bits per heavy atom. The summed E-state index contributed by atoms with van der Waals surface area (Å²) in [5.74, 6) is 0.694. The van der Waals surface area contributed by atoms with Gasteiger partial charge in [0.15, 0.2) is 0 Å². The van der Waals surface area contributed by atoms with Gasteiger partial charge in [-0.25, -0.2) is 9.07 Å². The van der Waals surface area contributed by atoms with Gasteiger partial charge in [0, 0.05) is 30.6 Å². The number of benzene rings is 2. The lowest BCUT2D eigenvalue weighted by atomic mass is 10.0. The fraction of sp³-hybridized carbons (Fsp3) is 0.467. The third-order valence-corrected chi connectivity index (χ3v) is 8.49. The standard InChI is InChI=1S/C28H28Cl2FN3O2.C2H6/c29-23-4-1-5-24(30)28(23)34-26(22(14-32-34)17-6-7-17)16-36-27-13-21-11-19(27)15-33(21)20-9-8-18(3-2-10-35)25(31)12-20;1-2/h1,4-5,8-10,12,14,17,19,21,27H,2-3,6-7,11,13,15-16H2;1-2H3. The van der Waals surface area contributed by atoms with Crippen LogP contribution >= 0.6 is 23.2 Å². The fourth-order valence-corrected chi connectivity index (χ4v) is 6.45. The summed E-state index contributed by atoms with van der Waals surface area (Å²) in [4.78, 5) is 12.9. The van der Waals surface area contributed by atoms with Gasteiger partial charge in [0.05, 0.1) is 34.6 Å². The summed E-state index contributed by atoms with van der Waals surface area (Å²) in [7, 11) is 0. The van der Waals surface area contributed by atoms with Crippen LogP contribution in [-0.4, -0.2) is 34.8 Å². The van der Waals surface area contributed by atoms with Crippen molar-refractivity contribution < 1.29 is 13.9 Å². The van der Waals surface area contributed by atoms with Gasteiger partial charge in [-0.3, -0.25) is 0 Å². The summed E-state index contributed by atoms with van der Waals surface area (Å²) in [5.41, 5.74) is 4.46. The number of aromatic nitrogens is 2. The normalized spacial score (nSPS) is 21.9. The molecular weight excluding hydrogens is 524 g/mol. The van der Waals surface area contributed by atoms with Gasteiger partial charge in [-0.1, -0.05) is 49.2 Å². The molecule has 0 N–H and O–H groups in total. The molecule has 6 rings (SSSR count). The summed E-state index contributed by atoms with van der Waals surface area (Å²) >= 11 is 13.0. The molecular formula is C30H34Cl2FN3O2. The molecule has 3 fully saturated rings. The van der Waals surface area contributed by atoms with Crippen LogP contribution in [0.4, 0.5) is 10.1 Å². The van der Waals surface area contributed by atoms with Crippen molar-refractivity contribution in [3.8, 4) is 5.69 Å². The molecule has 3 atom stereocenters. The molecule has 3 aliphatic rings. The van der Waals surface area contributed by atoms with Crippen LogP contribution < -0.4 is 4.90 Å². The lowest BCUT2D eigenvalue weighted by Gasteiger charge is -2.33. The number of carbonyl (C=O) groups is 1. The highest BCUT2D eigenvalue weighted by Crippen LogP contribution is 2.45. The van der Waals surface area contributed by atoms with Crippen molar-refractivity contribution in [3.63, 3.8) is 0 Å². The van der Waals surface area contributed by atoms with E-state index < -0.39 is 0 Å². The van der Waals surface area contributed by atoms with Crippen LogP contribution in [0.25, 0.3) is 5.69 Å². The topological polar surface area (TPSA) is 47.4 Å². The molecule has 3 aromatic rings. The predicted octanol–water partition coefficient (Wildman–Crippen LogP) is 7.54. The number of hydrogen-bond donors (Lipinski definition) is 0. The number of piperidine rings is 1. The Balaban J connectivity index is 0.00000144. The van der Waals surface area contributed by atoms with Gasteiger partial charge in [0.1, 0.15) is 17.8 Å². The van der Waals surface area contributed by atoms with Gasteiger partial charge < -0.3 is 14.4 Å². The molecule has 1 saturated heterocycles. The second-order valence-corrected chi connectivity index (χ2v) is 11.0. The van der Waals surface area contributed by atoms with Crippen molar-refractivity contribution in [3.05, 3.63) is 75.3 Å². The summed E-state index contributed by atoms with van der Waals surface area (Å²) < 4.78 is 23.0. The molecule has 2 heterocycles. The molecule has 1 aromatic heterocycles. The lowest BCUT2D eigenvalue weighted by Crippen LogP contribution is -2.38. The number of fused-ring (bicyclic) bond motifs is 2. The number of halogens is 3. The highest BCUT2D eigenvalue weighted by molar-refractivity contribution is 6.37. The number of hydrogen-bond acceptors (Lipinski definition) is 4. The van der Waals surface area contributed by atoms with E-state index in [1.807, 2.05) is 55.1 Å². The Morgan fingerprint density at radius 1 is 1.13 bits per heavy atom. The minimum absolute atomic E-state index is 0.153. The molecule has 0 radical (unpaired) electrons. The van der Waals surface area contributed by atoms with Crippen LogP contribution in [0.1, 0.15) is 68.7 Å². The molecule has 5 nitrogen and oxygen atoms in total. The molecule has 3 unspecified atom stereocenters. The molecule has 2 aromatic carbocycles. The first kappa shape index (κ1) is 27.2. The highest BCUT2D eigenvalue weighted by Gasteiger charge is 2.45. The van der Waals surface area contributed by atoms with Crippen molar-refractivity contribution in [2.45, 2.75) is 77.0 Å². The number of aryl methyl sites for hydroxylation is 1. The number of nitrogens with zero attached hydrogens (tertiary/aromatic N) is 3. The van der Waals surface area contributed by atoms with E-state index in [2.05, 4.69) is 10.00 Å². The highest BCUT2D eigenvalue weighted by atomic mass is 35.5. The SMILES string of the molecule is CC.O=CCCc1ccc(N2CC3CC2CC3OCc2c(C3CC3)cnn2-c2c(Cl)cccc2Cl)cc1F. The Morgan fingerprint density at radius 3 is 2.53 bits per heavy atom. The average Bonchev–Trinajstić information content (AvgIpc) is 3.37. The quantitative estimate of drug-likeness (QED) is 0.255. The number of anilines is 1. The number of ether oxygens (including phenoxy) is 1. The van der Waals surface area contributed by atoms with Crippen LogP contribution in [0.5, 0.6) is 0 Å². The monoisotopic (exact) mass is 557 g/mol. The Bertz CT molecular complexity index is 1270. The zero-order chi connectivity index (χ0) is 26.8. The first-order valence-corrected chi connectivity index (χ1v) is 14.4. The van der Waals surface area contributed by atoms with E-state index in [1.165, 1.54) is 18.4 Å². The first-order valence-electron chi connectivity index (χ1n) is 13.6. The molecule has 0 spiro atoms. The smallest absolute Gasteiger partial charge is 0.128 e. The summed E-state index contributed by atoms with van der Waals surface area (Å²) in [6.07, 6.45) is 8.00. The van der Waals surface area contributed by atoms with Gasteiger partial charge >= 0.3 is 0 Å². The molecule has 202 valence electrons. The van der Waals surface area contributed by atoms with Crippen LogP contribution in [0, 0.1) is 11.7 Å². The maximum absolute atomic E-state index is 14.6. The molecule has 8 heteroatoms. The molecule has 38 heavy (non-hydrogen) atoms. The maximum atomic E-state index is 14.6. The van der Waals surface area contributed by atoms with Gasteiger partial charge in [0.25, 0.3) is 0 Å². The molecule has 2 bridgehead atoms. The minimum atomic E-state index is -0.232. The van der Waals surface area contributed by atoms with Gasteiger partial charge in [-0.05, 0) is 73.4 Å². The van der Waals surface area contributed by atoms with E-state index in [-0.39, 0.29) is 11.9 Å². The van der Waals surface area contributed by atoms with E-state index in [9.17, 15) is 9.18 Å². The van der Waals surface area contributed by atoms with Gasteiger partial charge in [-0.2, -0.15) is 5.10 Å². The fourth-order valence-electron chi connectivity index (χ4n) is 5.90. The maximum Gasteiger partial charge on any atom is 0.128 e. The third kappa shape index (κ3) is 5.36. The van der Waals surface area contributed by atoms with Gasteiger partial charge in [-0.15, -0.1) is 0 Å². The Hall–Kier alpha value is -2.41. The van der Waals surface area contributed by atoms with E-state index in [0.29, 0.717) is 58.6 Å². The largest absolute Gasteiger partial charge is 0.371 e. The van der Waals surface area contributed by atoms with Crippen molar-refractivity contribution in [1.29, 1.82) is 0 Å². The number of aldehydes is 1. The van der Waals surface area contributed by atoms with Crippen LogP contribution in [0.15, 0.2) is 42.6 Å². The van der Waals surface area contributed by atoms with Crippen molar-refractivity contribution >= 4 is 35.2 Å². The van der Waals surface area contributed by atoms with Crippen molar-refractivity contribution in [2.75, 3.05) is 11.4 Å². The zero-order valence-corrected chi connectivity index (χ0v) is 23.4. The van der Waals surface area contributed by atoms with Crippen LogP contribution in [0.2, 0.25) is 10.0 Å². The molecule has 2 aliphatic carbocycles. The Labute approximate surface area is 233 Å².